The van der Waals surface area contributed by atoms with Crippen LogP contribution in [-0.2, 0) is 39.8 Å². The maximum atomic E-state index is 5.82. The van der Waals surface area contributed by atoms with Crippen molar-refractivity contribution in [2.45, 2.75) is 6.04 Å². The molecule has 0 spiro atoms. The Morgan fingerprint density at radius 2 is 0.625 bits per heavy atom. The molecular weight excluding hydrogens is 388 g/mol. The number of rotatable bonds is 13. The minimum Gasteiger partial charge on any atom is -0.380 e. The van der Waals surface area contributed by atoms with Crippen LogP contribution in [0, 0.1) is 6.92 Å². The highest BCUT2D eigenvalue weighted by molar-refractivity contribution is 7.83. The van der Waals surface area contributed by atoms with Gasteiger partial charge >= 0.3 is 31.6 Å². The Bertz CT molecular complexity index is 286. The van der Waals surface area contributed by atoms with E-state index >= 15 is 0 Å². The molecule has 0 atom stereocenters. The lowest BCUT2D eigenvalue weighted by Gasteiger charge is -2.51. The van der Waals surface area contributed by atoms with Crippen LogP contribution in [0.1, 0.15) is 0 Å². The lowest BCUT2D eigenvalue weighted by Crippen LogP contribution is -2.94. The molecule has 0 heterocycles. The molecule has 24 heavy (non-hydrogen) atoms. The summed E-state index contributed by atoms with van der Waals surface area (Å²) in [6, 6.07) is 0.290. The Kier molecular flexibility index (Phi) is 10.2. The van der Waals surface area contributed by atoms with Crippen molar-refractivity contribution in [3.8, 4) is 0 Å². The molecule has 0 N–H and O–H groups in total. The van der Waals surface area contributed by atoms with Crippen LogP contribution < -0.4 is 0 Å². The monoisotopic (exact) mass is 419 g/mol. The first-order valence-corrected chi connectivity index (χ1v) is 17.5. The fraction of sp³-hybridized carbons (Fsp3) is 0.909. The van der Waals surface area contributed by atoms with Gasteiger partial charge in [-0.05, 0) is 6.04 Å². The van der Waals surface area contributed by atoms with E-state index in [9.17, 15) is 0 Å². The molecule has 0 rings (SSSR count). The predicted molar refractivity (Wildman–Crippen MR) is 96.3 cm³/mol. The lowest BCUT2D eigenvalue weighted by molar-refractivity contribution is 0.116. The average molecular weight is 420 g/mol. The minimum atomic E-state index is -3.44. The first kappa shape index (κ1) is 24.5. The third-order valence-corrected chi connectivity index (χ3v) is 46.8. The maximum Gasteiger partial charge on any atom is 0.482 e. The molecule has 0 unspecified atom stereocenters. The highest BCUT2D eigenvalue weighted by Crippen LogP contribution is 2.42. The third kappa shape index (κ3) is 3.15. The van der Waals surface area contributed by atoms with Gasteiger partial charge in [0, 0.05) is 64.0 Å². The summed E-state index contributed by atoms with van der Waals surface area (Å²) < 4.78 is 52.4. The van der Waals surface area contributed by atoms with E-state index in [1.165, 1.54) is 64.0 Å². The zero-order valence-electron chi connectivity index (χ0n) is 16.1. The molecule has 0 aromatic heterocycles. The zero-order chi connectivity index (χ0) is 19.1. The summed E-state index contributed by atoms with van der Waals surface area (Å²) in [7, 11) is 3.27. The first-order valence-electron chi connectivity index (χ1n) is 7.11. The van der Waals surface area contributed by atoms with Crippen LogP contribution in [0.25, 0.3) is 0 Å². The smallest absolute Gasteiger partial charge is 0.380 e. The van der Waals surface area contributed by atoms with Gasteiger partial charge in [-0.1, -0.05) is 6.92 Å². The fourth-order valence-electron chi connectivity index (χ4n) is 3.34. The second-order valence-corrected chi connectivity index (χ2v) is 31.7. The molecule has 0 fully saturated rings. The molecule has 0 aromatic rings. The second-order valence-electron chi connectivity index (χ2n) is 4.66. The topological polar surface area (TPSA) is 83.1 Å². The molecule has 9 nitrogen and oxygen atoms in total. The molecule has 0 saturated carbocycles. The molecule has 0 aliphatic rings. The number of hydrogen-bond acceptors (Lipinski definition) is 9. The standard InChI is InChI=1S/C11H31O9Si4/c1-11-21(22(12-2,13-3)14-4,23(15-5,16-6)17-7)24(18-8,19-9)20-10/h1,11H2,2-10H3. The average Bonchev–Trinajstić information content (AvgIpc) is 2.65. The SMILES string of the molecule is [CH2]C[Si]([Si](OC)(OC)OC)([Si](OC)(OC)OC)[Si](OC)(OC)OC. The lowest BCUT2D eigenvalue weighted by atomic mass is 11.0. The van der Waals surface area contributed by atoms with Crippen molar-refractivity contribution in [3.05, 3.63) is 6.92 Å². The van der Waals surface area contributed by atoms with Crippen LogP contribution in [0.4, 0.5) is 0 Å². The van der Waals surface area contributed by atoms with E-state index < -0.39 is 31.6 Å². The van der Waals surface area contributed by atoms with Crippen molar-refractivity contribution in [1.82, 2.24) is 0 Å². The Balaban J connectivity index is 7.11. The quantitative estimate of drug-likeness (QED) is 0.387. The highest BCUT2D eigenvalue weighted by atomic mass is 30.0. The third-order valence-electron chi connectivity index (χ3n) is 4.36. The van der Waals surface area contributed by atoms with Gasteiger partial charge in [-0.25, -0.2) is 0 Å². The summed E-state index contributed by atoms with van der Waals surface area (Å²) in [4.78, 5) is 0. The zero-order valence-corrected chi connectivity index (χ0v) is 20.1. The maximum absolute atomic E-state index is 5.82. The summed E-state index contributed by atoms with van der Waals surface area (Å²) in [5, 5.41) is 0. The van der Waals surface area contributed by atoms with Gasteiger partial charge in [0.1, 0.15) is 0 Å². The van der Waals surface area contributed by atoms with Crippen LogP contribution in [0.15, 0.2) is 0 Å². The van der Waals surface area contributed by atoms with Gasteiger partial charge < -0.3 is 39.8 Å². The van der Waals surface area contributed by atoms with Crippen LogP contribution in [-0.4, -0.2) is 95.6 Å². The summed E-state index contributed by atoms with van der Waals surface area (Å²) in [5.41, 5.74) is 0. The molecule has 0 amide bonds. The van der Waals surface area contributed by atoms with Crippen LogP contribution in [0.5, 0.6) is 0 Å². The number of hydrogen-bond donors (Lipinski definition) is 0. The van der Waals surface area contributed by atoms with E-state index in [4.69, 9.17) is 39.8 Å². The van der Waals surface area contributed by atoms with Gasteiger partial charge in [-0.3, -0.25) is 0 Å². The summed E-state index contributed by atoms with van der Waals surface area (Å²) in [6.07, 6.45) is 0. The van der Waals surface area contributed by atoms with E-state index in [2.05, 4.69) is 6.92 Å². The van der Waals surface area contributed by atoms with Crippen LogP contribution in [0.3, 0.4) is 0 Å². The van der Waals surface area contributed by atoms with Gasteiger partial charge in [-0.2, -0.15) is 0 Å². The largest absolute Gasteiger partial charge is 0.482 e. The van der Waals surface area contributed by atoms with Gasteiger partial charge in [0.15, 0.2) is 0 Å². The summed E-state index contributed by atoms with van der Waals surface area (Å²) >= 11 is 0. The van der Waals surface area contributed by atoms with Gasteiger partial charge in [-0.15, -0.1) is 0 Å². The van der Waals surface area contributed by atoms with E-state index in [1.807, 2.05) is 0 Å². The molecule has 0 aliphatic heterocycles. The predicted octanol–water partition coefficient (Wildman–Crippen LogP) is 0.139. The highest BCUT2D eigenvalue weighted by Gasteiger charge is 2.90. The molecule has 13 heteroatoms. The van der Waals surface area contributed by atoms with Crippen molar-refractivity contribution < 1.29 is 39.8 Å². The van der Waals surface area contributed by atoms with Crippen molar-refractivity contribution in [3.63, 3.8) is 0 Å². The Labute approximate surface area is 148 Å². The minimum absolute atomic E-state index is 0.290. The van der Waals surface area contributed by atoms with E-state index in [-0.39, 0.29) is 6.04 Å². The molecule has 0 aromatic carbocycles. The second kappa shape index (κ2) is 10.0. The van der Waals surface area contributed by atoms with Gasteiger partial charge in [0.25, 0.3) is 0 Å². The van der Waals surface area contributed by atoms with Crippen molar-refractivity contribution in [2.75, 3.05) is 64.0 Å². The van der Waals surface area contributed by atoms with Gasteiger partial charge in [0.05, 0.1) is 0 Å². The Hall–Kier alpha value is 0.508. The molecule has 1 radical (unpaired) electrons. The first-order chi connectivity index (χ1) is 11.4. The molecule has 0 aliphatic carbocycles. The van der Waals surface area contributed by atoms with E-state index in [0.29, 0.717) is 0 Å². The summed E-state index contributed by atoms with van der Waals surface area (Å²) in [6.45, 7) is 0.830. The molecule has 145 valence electrons. The Morgan fingerprint density at radius 3 is 0.708 bits per heavy atom. The Morgan fingerprint density at radius 1 is 0.458 bits per heavy atom. The molecule has 0 saturated heterocycles. The normalized spacial score (nSPS) is 14.2. The van der Waals surface area contributed by atoms with Crippen LogP contribution >= 0.6 is 0 Å². The fourth-order valence-corrected chi connectivity index (χ4v) is 52.2. The van der Waals surface area contributed by atoms with Gasteiger partial charge in [0.2, 0.25) is 0 Å². The van der Waals surface area contributed by atoms with Crippen molar-refractivity contribution >= 4 is 31.6 Å². The van der Waals surface area contributed by atoms with Crippen LogP contribution in [0.2, 0.25) is 6.04 Å². The summed E-state index contributed by atoms with van der Waals surface area (Å²) in [5.74, 6) is 0. The molecule has 0 bridgehead atoms. The van der Waals surface area contributed by atoms with E-state index in [0.717, 1.165) is 0 Å². The van der Waals surface area contributed by atoms with Crippen molar-refractivity contribution in [2.24, 2.45) is 0 Å². The van der Waals surface area contributed by atoms with Crippen molar-refractivity contribution in [1.29, 1.82) is 0 Å². The van der Waals surface area contributed by atoms with E-state index in [1.54, 1.807) is 0 Å². The molecular formula is C11H31O9Si4.